The van der Waals surface area contributed by atoms with Crippen molar-refractivity contribution in [1.29, 1.82) is 0 Å². The monoisotopic (exact) mass is 200 g/mol. The number of amides is 1. The summed E-state index contributed by atoms with van der Waals surface area (Å²) >= 11 is 0. The first-order valence-corrected chi connectivity index (χ1v) is 5.28. The molecule has 0 bridgehead atoms. The Morgan fingerprint density at radius 3 is 2.93 bits per heavy atom. The van der Waals surface area contributed by atoms with Crippen LogP contribution in [0, 0.1) is 5.92 Å². The number of nitrogens with zero attached hydrogens (tertiary/aromatic N) is 1. The second-order valence-electron chi connectivity index (χ2n) is 3.69. The standard InChI is InChI=1S/C10H20N2O2/c1-3-12(10(13)6-11-2)7-9-4-5-14-8-9/h9,11H,3-8H2,1-2H3. The topological polar surface area (TPSA) is 41.6 Å². The van der Waals surface area contributed by atoms with Gasteiger partial charge in [0.1, 0.15) is 0 Å². The number of hydrogen-bond donors (Lipinski definition) is 1. The maximum absolute atomic E-state index is 11.6. The summed E-state index contributed by atoms with van der Waals surface area (Å²) in [6, 6.07) is 0. The average Bonchev–Trinajstić information content (AvgIpc) is 2.66. The second kappa shape index (κ2) is 5.98. The van der Waals surface area contributed by atoms with Gasteiger partial charge in [-0.3, -0.25) is 4.79 Å². The third-order valence-corrected chi connectivity index (χ3v) is 2.57. The fourth-order valence-corrected chi connectivity index (χ4v) is 1.71. The van der Waals surface area contributed by atoms with Gasteiger partial charge < -0.3 is 15.0 Å². The number of carbonyl (C=O) groups excluding carboxylic acids is 1. The lowest BCUT2D eigenvalue weighted by molar-refractivity contribution is -0.130. The van der Waals surface area contributed by atoms with Gasteiger partial charge in [0.2, 0.25) is 5.91 Å². The van der Waals surface area contributed by atoms with Crippen molar-refractivity contribution in [2.45, 2.75) is 13.3 Å². The van der Waals surface area contributed by atoms with Gasteiger partial charge >= 0.3 is 0 Å². The molecular weight excluding hydrogens is 180 g/mol. The van der Waals surface area contributed by atoms with Crippen molar-refractivity contribution in [3.05, 3.63) is 0 Å². The van der Waals surface area contributed by atoms with Crippen molar-refractivity contribution >= 4 is 5.91 Å². The summed E-state index contributed by atoms with van der Waals surface area (Å²) < 4.78 is 5.29. The number of rotatable bonds is 5. The van der Waals surface area contributed by atoms with Crippen molar-refractivity contribution in [3.8, 4) is 0 Å². The molecule has 1 aliphatic heterocycles. The summed E-state index contributed by atoms with van der Waals surface area (Å²) in [6.45, 7) is 5.74. The van der Waals surface area contributed by atoms with Crippen molar-refractivity contribution in [2.75, 3.05) is 39.9 Å². The number of hydrogen-bond acceptors (Lipinski definition) is 3. The van der Waals surface area contributed by atoms with Gasteiger partial charge in [-0.2, -0.15) is 0 Å². The number of nitrogens with one attached hydrogen (secondary N) is 1. The summed E-state index contributed by atoms with van der Waals surface area (Å²) in [7, 11) is 1.80. The first-order valence-electron chi connectivity index (χ1n) is 5.28. The Morgan fingerprint density at radius 2 is 2.43 bits per heavy atom. The Morgan fingerprint density at radius 1 is 1.64 bits per heavy atom. The SMILES string of the molecule is CCN(CC1CCOC1)C(=O)CNC. The molecule has 1 heterocycles. The molecule has 1 N–H and O–H groups in total. The molecule has 1 fully saturated rings. The Kier molecular flexibility index (Phi) is 4.90. The molecular formula is C10H20N2O2. The van der Waals surface area contributed by atoms with Crippen LogP contribution in [0.25, 0.3) is 0 Å². The highest BCUT2D eigenvalue weighted by Crippen LogP contribution is 2.13. The lowest BCUT2D eigenvalue weighted by Crippen LogP contribution is -2.40. The molecule has 82 valence electrons. The Balaban J connectivity index is 2.33. The largest absolute Gasteiger partial charge is 0.381 e. The number of likely N-dealkylation sites (N-methyl/N-ethyl adjacent to an activating group) is 2. The van der Waals surface area contributed by atoms with Crippen LogP contribution in [0.2, 0.25) is 0 Å². The van der Waals surface area contributed by atoms with E-state index in [0.717, 1.165) is 32.7 Å². The van der Waals surface area contributed by atoms with Crippen LogP contribution >= 0.6 is 0 Å². The van der Waals surface area contributed by atoms with Crippen LogP contribution < -0.4 is 5.32 Å². The van der Waals surface area contributed by atoms with E-state index in [0.29, 0.717) is 12.5 Å². The van der Waals surface area contributed by atoms with E-state index < -0.39 is 0 Å². The molecule has 0 spiro atoms. The lowest BCUT2D eigenvalue weighted by Gasteiger charge is -2.23. The lowest BCUT2D eigenvalue weighted by atomic mass is 10.1. The highest BCUT2D eigenvalue weighted by atomic mass is 16.5. The quantitative estimate of drug-likeness (QED) is 0.684. The van der Waals surface area contributed by atoms with Crippen LogP contribution in [0.5, 0.6) is 0 Å². The second-order valence-corrected chi connectivity index (χ2v) is 3.69. The molecule has 1 unspecified atom stereocenters. The number of ether oxygens (including phenoxy) is 1. The summed E-state index contributed by atoms with van der Waals surface area (Å²) in [4.78, 5) is 13.5. The Bertz CT molecular complexity index is 179. The zero-order chi connectivity index (χ0) is 10.4. The van der Waals surface area contributed by atoms with E-state index in [9.17, 15) is 4.79 Å². The average molecular weight is 200 g/mol. The van der Waals surface area contributed by atoms with E-state index in [2.05, 4.69) is 5.32 Å². The molecule has 4 heteroatoms. The minimum Gasteiger partial charge on any atom is -0.381 e. The summed E-state index contributed by atoms with van der Waals surface area (Å²) in [5.74, 6) is 0.720. The molecule has 1 aliphatic rings. The van der Waals surface area contributed by atoms with Gasteiger partial charge in [-0.1, -0.05) is 0 Å². The van der Waals surface area contributed by atoms with Crippen LogP contribution in [-0.4, -0.2) is 50.7 Å². The highest BCUT2D eigenvalue weighted by Gasteiger charge is 2.20. The minimum absolute atomic E-state index is 0.182. The molecule has 0 saturated carbocycles. The molecule has 4 nitrogen and oxygen atoms in total. The molecule has 0 aromatic carbocycles. The maximum Gasteiger partial charge on any atom is 0.236 e. The highest BCUT2D eigenvalue weighted by molar-refractivity contribution is 5.78. The van der Waals surface area contributed by atoms with Crippen LogP contribution in [0.1, 0.15) is 13.3 Å². The van der Waals surface area contributed by atoms with E-state index in [-0.39, 0.29) is 5.91 Å². The summed E-state index contributed by atoms with van der Waals surface area (Å²) in [5, 5.41) is 2.88. The van der Waals surface area contributed by atoms with Gasteiger partial charge in [0, 0.05) is 25.6 Å². The molecule has 0 aromatic rings. The van der Waals surface area contributed by atoms with E-state index in [1.165, 1.54) is 0 Å². The number of carbonyl (C=O) groups is 1. The van der Waals surface area contributed by atoms with Crippen LogP contribution in [0.4, 0.5) is 0 Å². The third kappa shape index (κ3) is 3.27. The first kappa shape index (κ1) is 11.5. The van der Waals surface area contributed by atoms with Gasteiger partial charge in [-0.25, -0.2) is 0 Å². The molecule has 0 radical (unpaired) electrons. The third-order valence-electron chi connectivity index (χ3n) is 2.57. The van der Waals surface area contributed by atoms with Crippen molar-refractivity contribution in [3.63, 3.8) is 0 Å². The Labute approximate surface area is 85.6 Å². The Hall–Kier alpha value is -0.610. The van der Waals surface area contributed by atoms with Crippen LogP contribution in [0.15, 0.2) is 0 Å². The smallest absolute Gasteiger partial charge is 0.236 e. The molecule has 0 aromatic heterocycles. The van der Waals surface area contributed by atoms with E-state index in [1.54, 1.807) is 7.05 Å². The summed E-state index contributed by atoms with van der Waals surface area (Å²) in [6.07, 6.45) is 1.09. The van der Waals surface area contributed by atoms with Crippen molar-refractivity contribution < 1.29 is 9.53 Å². The zero-order valence-electron chi connectivity index (χ0n) is 9.08. The minimum atomic E-state index is 0.182. The van der Waals surface area contributed by atoms with E-state index >= 15 is 0 Å². The molecule has 1 saturated heterocycles. The molecule has 0 aliphatic carbocycles. The van der Waals surface area contributed by atoms with Gasteiger partial charge in [0.25, 0.3) is 0 Å². The van der Waals surface area contributed by atoms with E-state index in [4.69, 9.17) is 4.74 Å². The summed E-state index contributed by atoms with van der Waals surface area (Å²) in [5.41, 5.74) is 0. The van der Waals surface area contributed by atoms with E-state index in [1.807, 2.05) is 11.8 Å². The molecule has 1 rings (SSSR count). The normalized spacial score (nSPS) is 21.1. The van der Waals surface area contributed by atoms with Gasteiger partial charge in [-0.05, 0) is 20.4 Å². The predicted octanol–water partition coefficient (Wildman–Crippen LogP) is 0.0908. The molecule has 1 amide bonds. The van der Waals surface area contributed by atoms with Crippen molar-refractivity contribution in [1.82, 2.24) is 10.2 Å². The van der Waals surface area contributed by atoms with Gasteiger partial charge in [-0.15, -0.1) is 0 Å². The van der Waals surface area contributed by atoms with Gasteiger partial charge in [0.05, 0.1) is 13.2 Å². The van der Waals surface area contributed by atoms with Crippen LogP contribution in [-0.2, 0) is 9.53 Å². The maximum atomic E-state index is 11.6. The zero-order valence-corrected chi connectivity index (χ0v) is 9.08. The molecule has 1 atom stereocenters. The van der Waals surface area contributed by atoms with Crippen LogP contribution in [0.3, 0.4) is 0 Å². The van der Waals surface area contributed by atoms with Gasteiger partial charge in [0.15, 0.2) is 0 Å². The first-order chi connectivity index (χ1) is 6.77. The fourth-order valence-electron chi connectivity index (χ4n) is 1.71. The fraction of sp³-hybridized carbons (Fsp3) is 0.900. The predicted molar refractivity (Wildman–Crippen MR) is 55.1 cm³/mol. The van der Waals surface area contributed by atoms with Crippen molar-refractivity contribution in [2.24, 2.45) is 5.92 Å². The molecule has 14 heavy (non-hydrogen) atoms.